The van der Waals surface area contributed by atoms with Crippen molar-refractivity contribution in [3.05, 3.63) is 22.5 Å². The molecule has 1 aromatic rings. The molecule has 2 N–H and O–H groups in total. The number of amides is 1. The lowest BCUT2D eigenvalue weighted by Crippen LogP contribution is -2.58. The number of ketones is 1. The lowest BCUT2D eigenvalue weighted by Gasteiger charge is -2.45. The van der Waals surface area contributed by atoms with Crippen LogP contribution in [0, 0.1) is 19.8 Å². The van der Waals surface area contributed by atoms with E-state index in [-0.39, 0.29) is 17.4 Å². The molecule has 158 valence electrons. The van der Waals surface area contributed by atoms with E-state index < -0.39 is 0 Å². The second kappa shape index (κ2) is 7.24. The van der Waals surface area contributed by atoms with Gasteiger partial charge in [0.15, 0.2) is 5.78 Å². The monoisotopic (exact) mass is 398 g/mol. The summed E-state index contributed by atoms with van der Waals surface area (Å²) in [6.07, 6.45) is 8.73. The van der Waals surface area contributed by atoms with Crippen molar-refractivity contribution in [1.29, 1.82) is 0 Å². The van der Waals surface area contributed by atoms with Gasteiger partial charge in [-0.15, -0.1) is 0 Å². The highest BCUT2D eigenvalue weighted by molar-refractivity contribution is 6.01. The van der Waals surface area contributed by atoms with E-state index in [1.807, 2.05) is 0 Å². The Balaban J connectivity index is 1.25. The van der Waals surface area contributed by atoms with Crippen molar-refractivity contribution in [3.63, 3.8) is 0 Å². The van der Waals surface area contributed by atoms with E-state index in [1.165, 1.54) is 25.7 Å². The predicted octanol–water partition coefficient (Wildman–Crippen LogP) is 2.54. The number of hydrogen-bond acceptors (Lipinski definition) is 4. The zero-order valence-electron chi connectivity index (χ0n) is 17.9. The summed E-state index contributed by atoms with van der Waals surface area (Å²) in [5, 5.41) is 3.14. The van der Waals surface area contributed by atoms with Gasteiger partial charge >= 0.3 is 0 Å². The quantitative estimate of drug-likeness (QED) is 0.821. The number of aryl methyl sites for hydroxylation is 2. The molecule has 0 bridgehead atoms. The van der Waals surface area contributed by atoms with Crippen molar-refractivity contribution in [2.45, 2.75) is 76.8 Å². The van der Waals surface area contributed by atoms with Gasteiger partial charge in [0.05, 0.1) is 6.67 Å². The molecule has 2 aliphatic carbocycles. The molecular weight excluding hydrogens is 364 g/mol. The molecule has 2 aliphatic heterocycles. The summed E-state index contributed by atoms with van der Waals surface area (Å²) < 4.78 is 0. The van der Waals surface area contributed by atoms with Crippen LogP contribution in [0.25, 0.3) is 0 Å². The summed E-state index contributed by atoms with van der Waals surface area (Å²) in [6.45, 7) is 7.51. The number of rotatable bonds is 3. The third-order valence-electron chi connectivity index (χ3n) is 8.25. The Labute approximate surface area is 173 Å². The van der Waals surface area contributed by atoms with E-state index in [1.54, 1.807) is 0 Å². The van der Waals surface area contributed by atoms with Gasteiger partial charge in [-0.1, -0.05) is 12.8 Å². The number of H-pyrrole nitrogens is 1. The van der Waals surface area contributed by atoms with Crippen molar-refractivity contribution >= 4 is 11.7 Å². The highest BCUT2D eigenvalue weighted by atomic mass is 16.2. The van der Waals surface area contributed by atoms with Crippen molar-refractivity contribution < 1.29 is 9.59 Å². The number of Topliss-reactive ketones (excluding diaryl/α,β-unsaturated/α-hetero) is 1. The van der Waals surface area contributed by atoms with Crippen LogP contribution in [-0.4, -0.2) is 64.4 Å². The smallest absolute Gasteiger partial charge is 0.241 e. The zero-order valence-corrected chi connectivity index (χ0v) is 17.9. The Kier molecular flexibility index (Phi) is 4.82. The van der Waals surface area contributed by atoms with E-state index in [9.17, 15) is 9.59 Å². The molecule has 1 atom stereocenters. The topological polar surface area (TPSA) is 68.4 Å². The van der Waals surface area contributed by atoms with Crippen molar-refractivity contribution in [2.75, 3.05) is 26.3 Å². The molecule has 6 heteroatoms. The molecule has 1 saturated carbocycles. The summed E-state index contributed by atoms with van der Waals surface area (Å²) in [6, 6.07) is 0.568. The summed E-state index contributed by atoms with van der Waals surface area (Å²) in [4.78, 5) is 34.3. The molecule has 0 aromatic carbocycles. The van der Waals surface area contributed by atoms with Crippen LogP contribution in [0.2, 0.25) is 0 Å². The fourth-order valence-electron chi connectivity index (χ4n) is 6.37. The molecule has 6 nitrogen and oxygen atoms in total. The number of piperidine rings is 1. The van der Waals surface area contributed by atoms with Gasteiger partial charge in [0.1, 0.15) is 5.54 Å². The van der Waals surface area contributed by atoms with E-state index >= 15 is 0 Å². The predicted molar refractivity (Wildman–Crippen MR) is 112 cm³/mol. The third-order valence-corrected chi connectivity index (χ3v) is 8.25. The molecule has 0 radical (unpaired) electrons. The van der Waals surface area contributed by atoms with Crippen LogP contribution in [0.5, 0.6) is 0 Å². The molecule has 4 aliphatic rings. The van der Waals surface area contributed by atoms with Crippen molar-refractivity contribution in [2.24, 2.45) is 5.92 Å². The summed E-state index contributed by atoms with van der Waals surface area (Å²) in [5.74, 6) is 0.647. The summed E-state index contributed by atoms with van der Waals surface area (Å²) in [7, 11) is 0. The Hall–Kier alpha value is -1.66. The molecule has 3 heterocycles. The number of likely N-dealkylation sites (tertiary alicyclic amines) is 1. The van der Waals surface area contributed by atoms with E-state index in [2.05, 4.69) is 33.9 Å². The fourth-order valence-corrected chi connectivity index (χ4v) is 6.37. The maximum absolute atomic E-state index is 13.1. The van der Waals surface area contributed by atoms with Crippen LogP contribution < -0.4 is 5.32 Å². The normalized spacial score (nSPS) is 28.3. The van der Waals surface area contributed by atoms with Crippen LogP contribution in [0.1, 0.15) is 72.3 Å². The zero-order chi connectivity index (χ0) is 20.2. The second-order valence-corrected chi connectivity index (χ2v) is 9.73. The lowest BCUT2D eigenvalue weighted by molar-refractivity contribution is -0.130. The fraction of sp³-hybridized carbons (Fsp3) is 0.739. The van der Waals surface area contributed by atoms with Gasteiger partial charge in [0.25, 0.3) is 0 Å². The Morgan fingerprint density at radius 2 is 1.79 bits per heavy atom. The number of nitrogens with one attached hydrogen (secondary N) is 2. The van der Waals surface area contributed by atoms with Crippen LogP contribution in [-0.2, 0) is 11.2 Å². The maximum Gasteiger partial charge on any atom is 0.241 e. The molecule has 5 rings (SSSR count). The number of hydrogen-bond donors (Lipinski definition) is 2. The SMILES string of the molecule is Cc1[nH]c2c(c1C)C(=O)C(CN1CCC3(CC1)C(=O)NCN3C1CCCC1)CC2. The van der Waals surface area contributed by atoms with Gasteiger partial charge in [-0.25, -0.2) is 0 Å². The molecule has 1 aromatic heterocycles. The molecule has 2 saturated heterocycles. The second-order valence-electron chi connectivity index (χ2n) is 9.73. The minimum Gasteiger partial charge on any atom is -0.362 e. The third kappa shape index (κ3) is 3.07. The largest absolute Gasteiger partial charge is 0.362 e. The average molecular weight is 399 g/mol. The van der Waals surface area contributed by atoms with E-state index in [4.69, 9.17) is 0 Å². The van der Waals surface area contributed by atoms with E-state index in [0.29, 0.717) is 11.8 Å². The number of carbonyl (C=O) groups is 2. The molecular formula is C23H34N4O2. The maximum atomic E-state index is 13.1. The van der Waals surface area contributed by atoms with Crippen LogP contribution in [0.15, 0.2) is 0 Å². The first-order valence-corrected chi connectivity index (χ1v) is 11.5. The van der Waals surface area contributed by atoms with Gasteiger partial charge < -0.3 is 15.2 Å². The highest BCUT2D eigenvalue weighted by Crippen LogP contribution is 2.39. The molecule has 1 spiro atoms. The number of aromatic amines is 1. The van der Waals surface area contributed by atoms with Crippen LogP contribution in [0.4, 0.5) is 0 Å². The first-order valence-electron chi connectivity index (χ1n) is 11.5. The molecule has 3 fully saturated rings. The minimum atomic E-state index is -0.302. The van der Waals surface area contributed by atoms with Crippen molar-refractivity contribution in [3.8, 4) is 0 Å². The minimum absolute atomic E-state index is 0.0915. The van der Waals surface area contributed by atoms with E-state index in [0.717, 1.165) is 74.5 Å². The van der Waals surface area contributed by atoms with Gasteiger partial charge in [-0.3, -0.25) is 14.5 Å². The highest BCUT2D eigenvalue weighted by Gasteiger charge is 2.52. The Morgan fingerprint density at radius 1 is 1.07 bits per heavy atom. The Morgan fingerprint density at radius 3 is 2.52 bits per heavy atom. The number of nitrogens with zero attached hydrogens (tertiary/aromatic N) is 2. The standard InChI is InChI=1S/C23H34N4O2/c1-15-16(2)25-19-8-7-17(21(28)20(15)19)13-26-11-9-23(10-12-26)22(29)24-14-27(23)18-5-3-4-6-18/h17-18,25H,3-14H2,1-2H3,(H,24,29). The molecule has 1 unspecified atom stereocenters. The Bertz CT molecular complexity index is 815. The first-order chi connectivity index (χ1) is 14.0. The number of carbonyl (C=O) groups excluding carboxylic acids is 2. The molecule has 29 heavy (non-hydrogen) atoms. The first kappa shape index (κ1) is 19.3. The van der Waals surface area contributed by atoms with Gasteiger partial charge in [0.2, 0.25) is 5.91 Å². The van der Waals surface area contributed by atoms with Gasteiger partial charge in [0, 0.05) is 48.5 Å². The lowest BCUT2D eigenvalue weighted by atomic mass is 9.82. The molecule has 1 amide bonds. The number of fused-ring (bicyclic) bond motifs is 1. The number of aromatic nitrogens is 1. The van der Waals surface area contributed by atoms with Crippen LogP contribution in [0.3, 0.4) is 0 Å². The van der Waals surface area contributed by atoms with Crippen molar-refractivity contribution in [1.82, 2.24) is 20.1 Å². The van der Waals surface area contributed by atoms with Gasteiger partial charge in [-0.05, 0) is 57.9 Å². The average Bonchev–Trinajstić information content (AvgIpc) is 3.41. The summed E-state index contributed by atoms with van der Waals surface area (Å²) >= 11 is 0. The van der Waals surface area contributed by atoms with Gasteiger partial charge in [-0.2, -0.15) is 0 Å². The summed E-state index contributed by atoms with van der Waals surface area (Å²) in [5.41, 5.74) is 4.04. The van der Waals surface area contributed by atoms with Crippen LogP contribution >= 0.6 is 0 Å².